The first-order valence-corrected chi connectivity index (χ1v) is 7.33. The van der Waals surface area contributed by atoms with Crippen molar-refractivity contribution in [2.75, 3.05) is 18.0 Å². The van der Waals surface area contributed by atoms with Crippen LogP contribution in [-0.4, -0.2) is 36.1 Å². The van der Waals surface area contributed by atoms with Crippen molar-refractivity contribution in [1.82, 2.24) is 10.3 Å². The van der Waals surface area contributed by atoms with Crippen LogP contribution in [0.3, 0.4) is 0 Å². The van der Waals surface area contributed by atoms with E-state index >= 15 is 0 Å². The normalized spacial score (nSPS) is 22.9. The van der Waals surface area contributed by atoms with E-state index in [0.717, 1.165) is 37.3 Å². The van der Waals surface area contributed by atoms with E-state index in [1.54, 1.807) is 6.20 Å². The van der Waals surface area contributed by atoms with E-state index in [4.69, 9.17) is 5.73 Å². The van der Waals surface area contributed by atoms with Crippen molar-refractivity contribution >= 4 is 11.7 Å². The van der Waals surface area contributed by atoms with E-state index in [1.165, 1.54) is 0 Å². The van der Waals surface area contributed by atoms with Crippen LogP contribution in [0.1, 0.15) is 42.6 Å². The molecule has 0 aromatic carbocycles. The summed E-state index contributed by atoms with van der Waals surface area (Å²) in [5, 5.41) is 3.55. The first-order valence-electron chi connectivity index (χ1n) is 7.33. The monoisotopic (exact) mass is 276 g/mol. The second-order valence-corrected chi connectivity index (χ2v) is 5.42. The maximum Gasteiger partial charge on any atom is 0.252 e. The molecule has 1 aromatic heterocycles. The molecule has 1 fully saturated rings. The molecule has 0 saturated carbocycles. The van der Waals surface area contributed by atoms with Crippen molar-refractivity contribution in [1.29, 1.82) is 0 Å². The number of nitrogens with zero attached hydrogens (tertiary/aromatic N) is 2. The zero-order valence-corrected chi connectivity index (χ0v) is 12.5. The molecule has 110 valence electrons. The minimum atomic E-state index is -0.396. The third-order valence-electron chi connectivity index (χ3n) is 4.12. The smallest absolute Gasteiger partial charge is 0.252 e. The van der Waals surface area contributed by atoms with E-state index in [0.29, 0.717) is 17.6 Å². The highest BCUT2D eigenvalue weighted by atomic mass is 16.1. The molecule has 1 amide bonds. The third-order valence-corrected chi connectivity index (χ3v) is 4.12. The van der Waals surface area contributed by atoms with Crippen molar-refractivity contribution in [3.05, 3.63) is 23.4 Å². The predicted octanol–water partition coefficient (Wildman–Crippen LogP) is 1.46. The first kappa shape index (κ1) is 14.8. The number of nitrogens with two attached hydrogens (primary N) is 1. The number of hydrogen-bond acceptors (Lipinski definition) is 4. The van der Waals surface area contributed by atoms with E-state index in [-0.39, 0.29) is 0 Å². The summed E-state index contributed by atoms with van der Waals surface area (Å²) in [4.78, 5) is 18.5. The number of rotatable bonds is 4. The maximum atomic E-state index is 11.8. The zero-order valence-electron chi connectivity index (χ0n) is 12.5. The molecule has 20 heavy (non-hydrogen) atoms. The highest BCUT2D eigenvalue weighted by molar-refractivity contribution is 5.99. The number of hydrogen-bond donors (Lipinski definition) is 2. The Morgan fingerprint density at radius 2 is 2.25 bits per heavy atom. The molecule has 1 aliphatic rings. The first-order chi connectivity index (χ1) is 9.58. The number of aryl methyl sites for hydroxylation is 1. The van der Waals surface area contributed by atoms with Gasteiger partial charge in [0, 0.05) is 31.4 Å². The van der Waals surface area contributed by atoms with Crippen LogP contribution in [0.2, 0.25) is 0 Å². The van der Waals surface area contributed by atoms with Crippen molar-refractivity contribution < 1.29 is 4.79 Å². The zero-order chi connectivity index (χ0) is 14.7. The van der Waals surface area contributed by atoms with Gasteiger partial charge in [0.15, 0.2) is 0 Å². The fourth-order valence-corrected chi connectivity index (χ4v) is 2.83. The molecule has 0 radical (unpaired) electrons. The van der Waals surface area contributed by atoms with E-state index in [1.807, 2.05) is 13.0 Å². The number of primary amides is 1. The molecule has 1 saturated heterocycles. The topological polar surface area (TPSA) is 71.2 Å². The molecule has 5 heteroatoms. The van der Waals surface area contributed by atoms with Gasteiger partial charge >= 0.3 is 0 Å². The van der Waals surface area contributed by atoms with Gasteiger partial charge in [0.2, 0.25) is 0 Å². The number of carbonyl (C=O) groups is 1. The Labute approximate surface area is 120 Å². The standard InChI is InChI=1S/C15H24N4O/c1-4-11-9-19(12(5-2)8-18-11)15-13(14(16)20)10(3)6-7-17-15/h6-7,11-12,18H,4-5,8-9H2,1-3H3,(H2,16,20). The fourth-order valence-electron chi connectivity index (χ4n) is 2.83. The van der Waals surface area contributed by atoms with Gasteiger partial charge in [-0.15, -0.1) is 0 Å². The molecular weight excluding hydrogens is 252 g/mol. The lowest BCUT2D eigenvalue weighted by Crippen LogP contribution is -2.57. The molecule has 2 heterocycles. The molecule has 2 atom stereocenters. The molecule has 2 rings (SSSR count). The summed E-state index contributed by atoms with van der Waals surface area (Å²) in [7, 11) is 0. The lowest BCUT2D eigenvalue weighted by Gasteiger charge is -2.41. The van der Waals surface area contributed by atoms with E-state index < -0.39 is 5.91 Å². The summed E-state index contributed by atoms with van der Waals surface area (Å²) < 4.78 is 0. The van der Waals surface area contributed by atoms with Gasteiger partial charge in [-0.2, -0.15) is 0 Å². The minimum Gasteiger partial charge on any atom is -0.365 e. The number of amides is 1. The van der Waals surface area contributed by atoms with Gasteiger partial charge in [0.05, 0.1) is 5.56 Å². The molecule has 0 spiro atoms. The number of aromatic nitrogens is 1. The summed E-state index contributed by atoms with van der Waals surface area (Å²) in [6.45, 7) is 8.02. The maximum absolute atomic E-state index is 11.8. The third kappa shape index (κ3) is 2.77. The number of pyridine rings is 1. The van der Waals surface area contributed by atoms with Gasteiger partial charge in [-0.25, -0.2) is 4.98 Å². The van der Waals surface area contributed by atoms with Gasteiger partial charge < -0.3 is 16.0 Å². The van der Waals surface area contributed by atoms with Crippen LogP contribution in [0.15, 0.2) is 12.3 Å². The fraction of sp³-hybridized carbons (Fsp3) is 0.600. The highest BCUT2D eigenvalue weighted by Crippen LogP contribution is 2.25. The molecule has 5 nitrogen and oxygen atoms in total. The summed E-state index contributed by atoms with van der Waals surface area (Å²) in [5.74, 6) is 0.344. The Morgan fingerprint density at radius 3 is 2.85 bits per heavy atom. The molecule has 1 aromatic rings. The number of carbonyl (C=O) groups excluding carboxylic acids is 1. The number of piperazine rings is 1. The van der Waals surface area contributed by atoms with E-state index in [2.05, 4.69) is 29.0 Å². The lowest BCUT2D eigenvalue weighted by molar-refractivity contribution is 0.0999. The SMILES string of the molecule is CCC1CN(c2nccc(C)c2C(N)=O)C(CC)CN1. The van der Waals surface area contributed by atoms with Crippen molar-refractivity contribution in [3.8, 4) is 0 Å². The van der Waals surface area contributed by atoms with Crippen molar-refractivity contribution in [2.24, 2.45) is 5.73 Å². The van der Waals surface area contributed by atoms with Crippen LogP contribution in [0.25, 0.3) is 0 Å². The summed E-state index contributed by atoms with van der Waals surface area (Å²) in [6, 6.07) is 2.62. The molecule has 3 N–H and O–H groups in total. The quantitative estimate of drug-likeness (QED) is 0.873. The molecule has 0 aliphatic carbocycles. The Hall–Kier alpha value is -1.62. The molecule has 2 unspecified atom stereocenters. The Kier molecular flexibility index (Phi) is 4.60. The largest absolute Gasteiger partial charge is 0.365 e. The second-order valence-electron chi connectivity index (χ2n) is 5.42. The lowest BCUT2D eigenvalue weighted by atomic mass is 10.0. The summed E-state index contributed by atoms with van der Waals surface area (Å²) >= 11 is 0. The minimum absolute atomic E-state index is 0.352. The van der Waals surface area contributed by atoms with Crippen LogP contribution in [-0.2, 0) is 0 Å². The van der Waals surface area contributed by atoms with Gasteiger partial charge in [-0.3, -0.25) is 4.79 Å². The number of nitrogens with one attached hydrogen (secondary N) is 1. The van der Waals surface area contributed by atoms with Gasteiger partial charge in [0.25, 0.3) is 5.91 Å². The Bertz CT molecular complexity index is 489. The van der Waals surface area contributed by atoms with Crippen LogP contribution in [0.4, 0.5) is 5.82 Å². The van der Waals surface area contributed by atoms with Gasteiger partial charge in [-0.1, -0.05) is 13.8 Å². The molecule has 0 bridgehead atoms. The van der Waals surface area contributed by atoms with Crippen molar-refractivity contribution in [3.63, 3.8) is 0 Å². The van der Waals surface area contributed by atoms with Gasteiger partial charge in [-0.05, 0) is 31.4 Å². The molecule has 1 aliphatic heterocycles. The van der Waals surface area contributed by atoms with Crippen molar-refractivity contribution in [2.45, 2.75) is 45.7 Å². The Balaban J connectivity index is 2.41. The van der Waals surface area contributed by atoms with Crippen LogP contribution in [0.5, 0.6) is 0 Å². The Morgan fingerprint density at radius 1 is 1.50 bits per heavy atom. The summed E-state index contributed by atoms with van der Waals surface area (Å²) in [5.41, 5.74) is 7.01. The average molecular weight is 276 g/mol. The summed E-state index contributed by atoms with van der Waals surface area (Å²) in [6.07, 6.45) is 3.83. The highest BCUT2D eigenvalue weighted by Gasteiger charge is 2.29. The van der Waals surface area contributed by atoms with Gasteiger partial charge in [0.1, 0.15) is 5.82 Å². The van der Waals surface area contributed by atoms with Crippen LogP contribution < -0.4 is 16.0 Å². The molecular formula is C15H24N4O. The average Bonchev–Trinajstić information content (AvgIpc) is 2.45. The van der Waals surface area contributed by atoms with Crippen LogP contribution in [0, 0.1) is 6.92 Å². The number of anilines is 1. The van der Waals surface area contributed by atoms with E-state index in [9.17, 15) is 4.79 Å². The van der Waals surface area contributed by atoms with Crippen LogP contribution >= 0.6 is 0 Å². The predicted molar refractivity (Wildman–Crippen MR) is 81.0 cm³/mol. The second kappa shape index (κ2) is 6.22.